The number of halogens is 5. The van der Waals surface area contributed by atoms with Crippen molar-refractivity contribution in [2.75, 3.05) is 41.5 Å². The molecule has 0 radical (unpaired) electrons. The Morgan fingerprint density at radius 3 is 1.42 bits per heavy atom. The van der Waals surface area contributed by atoms with Crippen LogP contribution in [-0.2, 0) is 14.4 Å². The number of hydrogen-bond acceptors (Lipinski definition) is 7. The number of carboxylic acid groups (broad SMARTS) is 1. The zero-order valence-corrected chi connectivity index (χ0v) is 33.2. The number of Topliss-reactive ketones (excluding diaryl/α,β-unsaturated/α-hetero) is 1. The number of carboxylic acids is 1. The number of ether oxygens (including phenoxy) is 1. The summed E-state index contributed by atoms with van der Waals surface area (Å²) in [7, 11) is 6.03. The molecule has 12 nitrogen and oxygen atoms in total. The van der Waals surface area contributed by atoms with Crippen molar-refractivity contribution in [3.63, 3.8) is 0 Å². The fourth-order valence-corrected chi connectivity index (χ4v) is 3.05. The first-order valence-electron chi connectivity index (χ1n) is 13.7. The molecule has 0 spiro atoms. The molecular formula is C34H38BrClF3MgN5O7. The number of rotatable bonds is 5. The summed E-state index contributed by atoms with van der Waals surface area (Å²) in [5, 5.41) is 9.41. The quantitative estimate of drug-likeness (QED) is 0.164. The molecule has 3 aromatic carbocycles. The third-order valence-electron chi connectivity index (χ3n) is 5.70. The van der Waals surface area contributed by atoms with Gasteiger partial charge in [0.25, 0.3) is 5.91 Å². The van der Waals surface area contributed by atoms with E-state index in [2.05, 4.69) is 29.7 Å². The topological polar surface area (TPSA) is 127 Å². The smallest absolute Gasteiger partial charge is 1.00 e. The monoisotopic (exact) mass is 823 g/mol. The third-order valence-corrected chi connectivity index (χ3v) is 5.70. The van der Waals surface area contributed by atoms with Crippen molar-refractivity contribution in [2.45, 2.75) is 19.8 Å². The molecule has 0 atom stereocenters. The molecule has 0 saturated carbocycles. The average molecular weight is 825 g/mol. The Bertz CT molecular complexity index is 1580. The van der Waals surface area contributed by atoms with Gasteiger partial charge in [-0.3, -0.25) is 14.4 Å². The van der Waals surface area contributed by atoms with Crippen LogP contribution in [0.5, 0.6) is 0 Å². The number of nitrogens with zero attached hydrogens (tertiary/aromatic N) is 4. The Labute approximate surface area is 334 Å². The van der Waals surface area contributed by atoms with Gasteiger partial charge in [-0.05, 0) is 38.0 Å². The Morgan fingerprint density at radius 2 is 1.15 bits per heavy atom. The molecule has 0 aromatic heterocycles. The van der Waals surface area contributed by atoms with Crippen LogP contribution in [-0.4, -0.2) is 92.4 Å². The second-order valence-electron chi connectivity index (χ2n) is 8.91. The van der Waals surface area contributed by atoms with Crippen LogP contribution in [0.4, 0.5) is 30.2 Å². The van der Waals surface area contributed by atoms with Crippen molar-refractivity contribution in [2.24, 2.45) is 0 Å². The van der Waals surface area contributed by atoms with E-state index in [4.69, 9.17) is 29.6 Å². The van der Waals surface area contributed by atoms with Gasteiger partial charge in [0, 0.05) is 38.4 Å². The van der Waals surface area contributed by atoms with Gasteiger partial charge >= 0.3 is 29.0 Å². The molecule has 4 rings (SSSR count). The summed E-state index contributed by atoms with van der Waals surface area (Å²) in [6.07, 6.45) is 2.56. The van der Waals surface area contributed by atoms with Gasteiger partial charge in [0.2, 0.25) is 17.1 Å². The predicted molar refractivity (Wildman–Crippen MR) is 190 cm³/mol. The van der Waals surface area contributed by atoms with E-state index in [1.54, 1.807) is 14.2 Å². The first-order valence-corrected chi connectivity index (χ1v) is 13.7. The molecule has 0 bridgehead atoms. The first kappa shape index (κ1) is 57.3. The second-order valence-corrected chi connectivity index (χ2v) is 8.91. The minimum Gasteiger partial charge on any atom is -1.00 e. The fraction of sp³-hybridized carbons (Fsp3) is 0.265. The number of amides is 1. The number of hydroxylamine groups is 3. The number of carbonyl (C=O) groups excluding carboxylic acids is 2. The van der Waals surface area contributed by atoms with Crippen LogP contribution in [0.1, 0.15) is 50.8 Å². The molecule has 0 aliphatic carbocycles. The van der Waals surface area contributed by atoms with Crippen LogP contribution in [0.3, 0.4) is 0 Å². The molecule has 3 aromatic rings. The molecule has 1 fully saturated rings. The molecule has 1 aliphatic rings. The van der Waals surface area contributed by atoms with Crippen molar-refractivity contribution in [3.05, 3.63) is 130 Å². The predicted octanol–water partition coefficient (Wildman–Crippen LogP) is 4.72. The number of aromatic carboxylic acids is 1. The molecule has 1 heterocycles. The van der Waals surface area contributed by atoms with Crippen molar-refractivity contribution in [1.82, 2.24) is 10.5 Å². The maximum absolute atomic E-state index is 13.2. The van der Waals surface area contributed by atoms with Gasteiger partial charge in [-0.1, -0.05) is 36.4 Å². The largest absolute Gasteiger partial charge is 2.00 e. The number of benzene rings is 3. The van der Waals surface area contributed by atoms with E-state index < -0.39 is 29.3 Å². The van der Waals surface area contributed by atoms with Crippen molar-refractivity contribution >= 4 is 70.2 Å². The van der Waals surface area contributed by atoms with Crippen molar-refractivity contribution in [3.8, 4) is 0 Å². The van der Waals surface area contributed by atoms with Gasteiger partial charge in [0.15, 0.2) is 5.78 Å². The summed E-state index contributed by atoms with van der Waals surface area (Å²) in [5.74, 6) is -4.02. The average Bonchev–Trinajstić information content (AvgIpc) is 3.69. The first-order chi connectivity index (χ1) is 22.8. The maximum atomic E-state index is 13.2. The Kier molecular flexibility index (Phi) is 36.1. The molecule has 52 heavy (non-hydrogen) atoms. The van der Waals surface area contributed by atoms with E-state index in [0.29, 0.717) is 5.56 Å². The minimum absolute atomic E-state index is 0. The normalized spacial score (nSPS) is 9.79. The molecule has 0 unspecified atom stereocenters. The summed E-state index contributed by atoms with van der Waals surface area (Å²) in [6.45, 7) is 23.1. The summed E-state index contributed by atoms with van der Waals surface area (Å²) in [5.41, 5.74) is 2.38. The summed E-state index contributed by atoms with van der Waals surface area (Å²) in [4.78, 5) is 50.2. The van der Waals surface area contributed by atoms with Crippen LogP contribution in [0.2, 0.25) is 0 Å². The summed E-state index contributed by atoms with van der Waals surface area (Å²) in [6, 6.07) is 10.7. The molecule has 1 amide bonds. The summed E-state index contributed by atoms with van der Waals surface area (Å²) < 4.78 is 43.7. The summed E-state index contributed by atoms with van der Waals surface area (Å²) >= 11 is 0. The standard InChI is InChI=1S/C10H9FN2O2.C9H6FNO.C8H4FNO2.C4H8O.C2H7NO.CH3.BrH.ClH.Mg/c1-12-9-5-4-7(6-8(9)11)10(14)13(2)15-3;1-6(12)7-3-4-9(11-2)8(10)5-7;1-10-7-3-2-5(8(11)12)4-6(7)9;1-2-4-5-3-1;1-3-4-2;;;;/h4-6H,2-3H3;3-5H,1H3;2-4H,(H,11,12);1-4H2;3H,1-2H3;1H3;2*1H;/q;;;;;-1;;;+2/p-1. The van der Waals surface area contributed by atoms with Crippen molar-refractivity contribution < 1.29 is 64.1 Å². The Morgan fingerprint density at radius 1 is 0.808 bits per heavy atom. The molecule has 278 valence electrons. The molecule has 1 aliphatic heterocycles. The number of ketones is 1. The van der Waals surface area contributed by atoms with Crippen molar-refractivity contribution in [1.29, 1.82) is 0 Å². The SMILES string of the molecule is C1CCOC1.CNOC.Cl.[Br-].[C-]#[N+]c1ccc(C(=O)N(C)OC)cc1F.[C-]#[N+]c1ccc(C(=O)O)cc1F.[C-]#[N+]c1ccc(C(C)=O)cc1F.[CH3-].[Mg+2]. The van der Waals surface area contributed by atoms with Crippen LogP contribution in [0.15, 0.2) is 54.6 Å². The fourth-order valence-electron chi connectivity index (χ4n) is 3.05. The van der Waals surface area contributed by atoms with E-state index in [9.17, 15) is 27.6 Å². The van der Waals surface area contributed by atoms with E-state index in [1.165, 1.54) is 64.3 Å². The van der Waals surface area contributed by atoms with Gasteiger partial charge in [0.05, 0.1) is 39.5 Å². The minimum atomic E-state index is -1.20. The van der Waals surface area contributed by atoms with Gasteiger partial charge in [-0.2, -0.15) is 0 Å². The van der Waals surface area contributed by atoms with Crippen LogP contribution >= 0.6 is 12.4 Å². The van der Waals surface area contributed by atoms with E-state index in [1.807, 2.05) is 0 Å². The zero-order chi connectivity index (χ0) is 36.6. The number of nitrogens with one attached hydrogen (secondary N) is 1. The Hall–Kier alpha value is -4.09. The second kappa shape index (κ2) is 32.8. The van der Waals surface area contributed by atoms with Crippen LogP contribution in [0.25, 0.3) is 14.5 Å². The number of hydrogen-bond donors (Lipinski definition) is 2. The van der Waals surface area contributed by atoms with Gasteiger partial charge in [0.1, 0.15) is 17.5 Å². The molecule has 1 saturated heterocycles. The van der Waals surface area contributed by atoms with Gasteiger partial charge in [-0.15, -0.1) is 12.4 Å². The molecular weight excluding hydrogens is 787 g/mol. The Balaban J connectivity index is -0.000000184. The molecule has 18 heteroatoms. The zero-order valence-electron chi connectivity index (χ0n) is 29.3. The van der Waals surface area contributed by atoms with E-state index in [-0.39, 0.29) is 93.8 Å². The van der Waals surface area contributed by atoms with Crippen LogP contribution in [0, 0.1) is 44.6 Å². The molecule has 2 N–H and O–H groups in total. The maximum Gasteiger partial charge on any atom is 2.00 e. The van der Waals surface area contributed by atoms with E-state index >= 15 is 0 Å². The number of carbonyl (C=O) groups is 3. The van der Waals surface area contributed by atoms with E-state index in [0.717, 1.165) is 42.5 Å². The van der Waals surface area contributed by atoms with Gasteiger partial charge < -0.3 is 39.1 Å². The van der Waals surface area contributed by atoms with Crippen LogP contribution < -0.4 is 22.5 Å². The third kappa shape index (κ3) is 22.0. The van der Waals surface area contributed by atoms with Gasteiger partial charge in [-0.25, -0.2) is 43.0 Å².